The highest BCUT2D eigenvalue weighted by atomic mass is 35.5. The predicted molar refractivity (Wildman–Crippen MR) is 121 cm³/mol. The number of carbonyl (C=O) groups excluding carboxylic acids is 2. The minimum absolute atomic E-state index is 0.251. The molecule has 9 heteroatoms. The van der Waals surface area contributed by atoms with Crippen molar-refractivity contribution >= 4 is 41.0 Å². The molecular formula is C22H28ClFN2O4S. The van der Waals surface area contributed by atoms with Gasteiger partial charge in [-0.25, -0.2) is 14.0 Å². The van der Waals surface area contributed by atoms with E-state index in [-0.39, 0.29) is 5.69 Å². The van der Waals surface area contributed by atoms with Gasteiger partial charge in [-0.15, -0.1) is 0 Å². The Balaban J connectivity index is 2.61. The van der Waals surface area contributed by atoms with Gasteiger partial charge in [0.25, 0.3) is 0 Å². The van der Waals surface area contributed by atoms with E-state index in [0.29, 0.717) is 21.2 Å². The van der Waals surface area contributed by atoms with Crippen LogP contribution in [-0.2, 0) is 9.47 Å². The van der Waals surface area contributed by atoms with Gasteiger partial charge >= 0.3 is 12.2 Å². The summed E-state index contributed by atoms with van der Waals surface area (Å²) in [6.45, 7) is 13.7. The zero-order valence-electron chi connectivity index (χ0n) is 19.0. The van der Waals surface area contributed by atoms with Crippen LogP contribution in [0.5, 0.6) is 0 Å². The lowest BCUT2D eigenvalue weighted by molar-refractivity contribution is 0.0430. The third kappa shape index (κ3) is 6.40. The monoisotopic (exact) mass is 470 g/mol. The molecule has 1 aromatic carbocycles. The summed E-state index contributed by atoms with van der Waals surface area (Å²) in [6.07, 6.45) is -1.77. The van der Waals surface area contributed by atoms with E-state index in [1.807, 2.05) is 0 Å². The zero-order valence-corrected chi connectivity index (χ0v) is 20.6. The van der Waals surface area contributed by atoms with Gasteiger partial charge in [0.1, 0.15) is 17.0 Å². The number of hydrogen-bond acceptors (Lipinski definition) is 6. The second kappa shape index (κ2) is 9.12. The van der Waals surface area contributed by atoms with E-state index in [0.717, 1.165) is 16.4 Å². The van der Waals surface area contributed by atoms with Crippen molar-refractivity contribution in [3.05, 3.63) is 45.2 Å². The van der Waals surface area contributed by atoms with Crippen LogP contribution in [0.1, 0.15) is 70.5 Å². The minimum Gasteiger partial charge on any atom is -0.443 e. The molecule has 2 amide bonds. The smallest absolute Gasteiger partial charge is 0.424 e. The predicted octanol–water partition coefficient (Wildman–Crippen LogP) is 7.07. The van der Waals surface area contributed by atoms with Crippen LogP contribution in [-0.4, -0.2) is 27.8 Å². The minimum atomic E-state index is -0.885. The first-order valence-electron chi connectivity index (χ1n) is 9.78. The lowest BCUT2D eigenvalue weighted by atomic mass is 9.96. The van der Waals surface area contributed by atoms with E-state index in [1.54, 1.807) is 55.4 Å². The van der Waals surface area contributed by atoms with Gasteiger partial charge < -0.3 is 9.47 Å². The Kier molecular flexibility index (Phi) is 7.38. The normalized spacial score (nSPS) is 13.0. The third-order valence-corrected chi connectivity index (χ3v) is 5.17. The van der Waals surface area contributed by atoms with Gasteiger partial charge in [0, 0.05) is 15.8 Å². The summed E-state index contributed by atoms with van der Waals surface area (Å²) in [4.78, 5) is 27.6. The molecule has 0 fully saturated rings. The van der Waals surface area contributed by atoms with Gasteiger partial charge in [-0.05, 0) is 83.8 Å². The molecule has 0 N–H and O–H groups in total. The van der Waals surface area contributed by atoms with Gasteiger partial charge in [-0.1, -0.05) is 18.5 Å². The van der Waals surface area contributed by atoms with Crippen LogP contribution in [0.4, 0.5) is 19.7 Å². The van der Waals surface area contributed by atoms with Gasteiger partial charge in [-0.3, -0.25) is 0 Å². The Morgan fingerprint density at radius 1 is 1.10 bits per heavy atom. The van der Waals surface area contributed by atoms with Crippen LogP contribution in [0.25, 0.3) is 0 Å². The Morgan fingerprint density at radius 3 is 2.10 bits per heavy atom. The molecular weight excluding hydrogens is 443 g/mol. The lowest BCUT2D eigenvalue weighted by Crippen LogP contribution is -2.44. The van der Waals surface area contributed by atoms with E-state index in [9.17, 15) is 14.0 Å². The van der Waals surface area contributed by atoms with Crippen molar-refractivity contribution in [2.75, 3.05) is 4.90 Å². The average Bonchev–Trinajstić information content (AvgIpc) is 2.95. The summed E-state index contributed by atoms with van der Waals surface area (Å²) in [6, 6.07) is 4.04. The first-order chi connectivity index (χ1) is 14.1. The summed E-state index contributed by atoms with van der Waals surface area (Å²) < 4.78 is 29.3. The van der Waals surface area contributed by atoms with E-state index in [2.05, 4.69) is 4.37 Å². The number of imide groups is 1. The van der Waals surface area contributed by atoms with Crippen LogP contribution in [0, 0.1) is 12.7 Å². The molecule has 31 heavy (non-hydrogen) atoms. The summed E-state index contributed by atoms with van der Waals surface area (Å²) in [5.41, 5.74) is -0.548. The summed E-state index contributed by atoms with van der Waals surface area (Å²) in [5, 5.41) is 0.353. The maximum absolute atomic E-state index is 13.9. The number of nitrogens with zero attached hydrogens (tertiary/aromatic N) is 2. The molecule has 0 aliphatic rings. The lowest BCUT2D eigenvalue weighted by Gasteiger charge is -2.29. The highest BCUT2D eigenvalue weighted by molar-refractivity contribution is 7.06. The van der Waals surface area contributed by atoms with Gasteiger partial charge in [0.05, 0.1) is 11.4 Å². The van der Waals surface area contributed by atoms with Crippen LogP contribution in [0.2, 0.25) is 5.02 Å². The highest BCUT2D eigenvalue weighted by Crippen LogP contribution is 2.39. The molecule has 2 rings (SSSR count). The van der Waals surface area contributed by atoms with E-state index >= 15 is 0 Å². The number of ether oxygens (including phenoxy) is 2. The zero-order chi connectivity index (χ0) is 23.7. The molecule has 170 valence electrons. The Morgan fingerprint density at radius 2 is 1.61 bits per heavy atom. The Bertz CT molecular complexity index is 951. The first kappa shape index (κ1) is 25.1. The third-order valence-electron chi connectivity index (χ3n) is 4.07. The van der Waals surface area contributed by atoms with Crippen molar-refractivity contribution in [2.45, 2.75) is 72.5 Å². The van der Waals surface area contributed by atoms with Crippen molar-refractivity contribution in [1.82, 2.24) is 4.37 Å². The summed E-state index contributed by atoms with van der Waals surface area (Å²) in [5.74, 6) is -0.952. The maximum Gasteiger partial charge on any atom is 0.424 e. The quantitative estimate of drug-likeness (QED) is 0.479. The fraction of sp³-hybridized carbons (Fsp3) is 0.500. The Labute approximate surface area is 191 Å². The standard InChI is InChI=1S/C22H28ClFN2O4S/c1-12(15-11-14(24)9-10-16(15)23)17-18(13(2)31-25-17)26(19(27)29-21(3,4)5)20(28)30-22(6,7)8/h9-12H,1-8H3. The number of anilines is 1. The fourth-order valence-electron chi connectivity index (χ4n) is 2.81. The summed E-state index contributed by atoms with van der Waals surface area (Å²) >= 11 is 7.41. The molecule has 1 aromatic heterocycles. The number of amides is 2. The van der Waals surface area contributed by atoms with E-state index in [4.69, 9.17) is 21.1 Å². The number of benzene rings is 1. The maximum atomic E-state index is 13.9. The van der Waals surface area contributed by atoms with Gasteiger partial charge in [0.15, 0.2) is 0 Å². The molecule has 0 aliphatic heterocycles. The van der Waals surface area contributed by atoms with Crippen molar-refractivity contribution in [3.63, 3.8) is 0 Å². The van der Waals surface area contributed by atoms with Crippen molar-refractivity contribution in [3.8, 4) is 0 Å². The molecule has 0 radical (unpaired) electrons. The first-order valence-corrected chi connectivity index (χ1v) is 10.9. The van der Waals surface area contributed by atoms with Crippen LogP contribution >= 0.6 is 23.1 Å². The van der Waals surface area contributed by atoms with Crippen LogP contribution in [0.3, 0.4) is 0 Å². The van der Waals surface area contributed by atoms with E-state index < -0.39 is 35.1 Å². The molecule has 2 aromatic rings. The number of carbonyl (C=O) groups is 2. The molecule has 0 saturated carbocycles. The van der Waals surface area contributed by atoms with Crippen LogP contribution in [0.15, 0.2) is 18.2 Å². The van der Waals surface area contributed by atoms with Crippen LogP contribution < -0.4 is 4.90 Å². The molecule has 0 bridgehead atoms. The molecule has 1 atom stereocenters. The SMILES string of the molecule is Cc1snc(C(C)c2cc(F)ccc2Cl)c1N(C(=O)OC(C)(C)C)C(=O)OC(C)(C)C. The average molecular weight is 471 g/mol. The molecule has 0 saturated heterocycles. The number of rotatable bonds is 3. The molecule has 1 heterocycles. The van der Waals surface area contributed by atoms with Gasteiger partial charge in [0.2, 0.25) is 0 Å². The van der Waals surface area contributed by atoms with E-state index in [1.165, 1.54) is 18.2 Å². The number of halogens is 2. The van der Waals surface area contributed by atoms with Crippen molar-refractivity contribution in [1.29, 1.82) is 0 Å². The largest absolute Gasteiger partial charge is 0.443 e. The van der Waals surface area contributed by atoms with Crippen molar-refractivity contribution < 1.29 is 23.5 Å². The second-order valence-electron chi connectivity index (χ2n) is 9.16. The number of aryl methyl sites for hydroxylation is 1. The topological polar surface area (TPSA) is 68.7 Å². The second-order valence-corrected chi connectivity index (χ2v) is 10.5. The molecule has 0 spiro atoms. The fourth-order valence-corrected chi connectivity index (χ4v) is 3.85. The number of aromatic nitrogens is 1. The summed E-state index contributed by atoms with van der Waals surface area (Å²) in [7, 11) is 0. The molecule has 6 nitrogen and oxygen atoms in total. The number of hydrogen-bond donors (Lipinski definition) is 0. The molecule has 1 unspecified atom stereocenters. The highest BCUT2D eigenvalue weighted by Gasteiger charge is 2.37. The Hall–Kier alpha value is -2.19. The molecule has 0 aliphatic carbocycles. The van der Waals surface area contributed by atoms with Crippen molar-refractivity contribution in [2.24, 2.45) is 0 Å². The van der Waals surface area contributed by atoms with Gasteiger partial charge in [-0.2, -0.15) is 9.27 Å².